The summed E-state index contributed by atoms with van der Waals surface area (Å²) in [7, 11) is 1.48. The maximum atomic E-state index is 12.8. The molecule has 1 aliphatic rings. The number of nitrogens with zero attached hydrogens (tertiary/aromatic N) is 2. The second kappa shape index (κ2) is 17.6. The molecule has 4 N–H and O–H groups in total. The monoisotopic (exact) mass is 657 g/mol. The molecule has 1 unspecified atom stereocenters. The fourth-order valence-electron chi connectivity index (χ4n) is 5.41. The van der Waals surface area contributed by atoms with E-state index in [0.717, 1.165) is 43.2 Å². The number of amides is 5. The third kappa shape index (κ3) is 9.88. The quantitative estimate of drug-likeness (QED) is 0.0485. The lowest BCUT2D eigenvalue weighted by atomic mass is 9.99. The lowest BCUT2D eigenvalue weighted by Crippen LogP contribution is -2.55. The minimum absolute atomic E-state index is 0.0232. The Morgan fingerprint density at radius 1 is 0.875 bits per heavy atom. The third-order valence-electron chi connectivity index (χ3n) is 8.04. The molecular formula is C36H43N5O7. The van der Waals surface area contributed by atoms with Crippen LogP contribution in [0.25, 0.3) is 0 Å². The largest absolute Gasteiger partial charge is 0.495 e. The fraction of sp³-hybridized carbons (Fsp3) is 0.361. The summed E-state index contributed by atoms with van der Waals surface area (Å²) in [5, 5.41) is 6.30. The van der Waals surface area contributed by atoms with Gasteiger partial charge in [0.05, 0.1) is 12.8 Å². The van der Waals surface area contributed by atoms with E-state index >= 15 is 0 Å². The molecule has 3 aromatic rings. The number of carbonyl (C=O) groups excluding carboxylic acids is 5. The van der Waals surface area contributed by atoms with Crippen LogP contribution in [0, 0.1) is 5.92 Å². The summed E-state index contributed by atoms with van der Waals surface area (Å²) in [6, 6.07) is 21.2. The third-order valence-corrected chi connectivity index (χ3v) is 8.04. The second-order valence-corrected chi connectivity index (χ2v) is 11.7. The summed E-state index contributed by atoms with van der Waals surface area (Å²) in [5.74, 6) is 2.48. The predicted molar refractivity (Wildman–Crippen MR) is 180 cm³/mol. The highest BCUT2D eigenvalue weighted by Crippen LogP contribution is 2.28. The summed E-state index contributed by atoms with van der Waals surface area (Å²) < 4.78 is 10.9. The Bertz CT molecular complexity index is 1580. The Balaban J connectivity index is 1.22. The van der Waals surface area contributed by atoms with Crippen LogP contribution < -0.4 is 25.9 Å². The highest BCUT2D eigenvalue weighted by atomic mass is 16.5. The summed E-state index contributed by atoms with van der Waals surface area (Å²) in [6.45, 7) is 1.62. The SMILES string of the molecule is CCCCCCCCC1CC(=O)N(N(N)C(=O)COc2ccc(NC(=O)C(=O)Nc3ccc(Cc4ccccc4)cc3OC)cc2)C1=O. The number of hydrogen-bond acceptors (Lipinski definition) is 8. The molecule has 12 heteroatoms. The number of hydrogen-bond donors (Lipinski definition) is 3. The lowest BCUT2D eigenvalue weighted by Gasteiger charge is -2.25. The lowest BCUT2D eigenvalue weighted by molar-refractivity contribution is -0.170. The van der Waals surface area contributed by atoms with Crippen molar-refractivity contribution in [3.8, 4) is 11.5 Å². The van der Waals surface area contributed by atoms with E-state index in [1.807, 2.05) is 42.5 Å². The van der Waals surface area contributed by atoms with Crippen molar-refractivity contribution >= 4 is 40.9 Å². The molecule has 0 saturated carbocycles. The summed E-state index contributed by atoms with van der Waals surface area (Å²) >= 11 is 0. The predicted octanol–water partition coefficient (Wildman–Crippen LogP) is 4.99. The molecule has 0 radical (unpaired) electrons. The molecule has 4 rings (SSSR count). The smallest absolute Gasteiger partial charge is 0.314 e. The molecule has 0 spiro atoms. The van der Waals surface area contributed by atoms with E-state index in [-0.39, 0.29) is 12.2 Å². The maximum Gasteiger partial charge on any atom is 0.314 e. The second-order valence-electron chi connectivity index (χ2n) is 11.7. The zero-order valence-electron chi connectivity index (χ0n) is 27.4. The standard InChI is InChI=1S/C36H43N5O7/c1-3-4-5-6-7-11-14-27-23-32(42)40(36(27)46)41(37)33(43)24-48-29-18-16-28(17-19-29)38-34(44)35(45)39-30-20-15-26(22-31(30)47-2)21-25-12-9-8-10-13-25/h8-10,12-13,15-20,22,27H,3-7,11,14,21,23-24,37H2,1-2H3,(H,38,44)(H,39,45). The van der Waals surface area contributed by atoms with E-state index < -0.39 is 42.1 Å². The van der Waals surface area contributed by atoms with E-state index in [1.54, 1.807) is 6.07 Å². The molecule has 48 heavy (non-hydrogen) atoms. The highest BCUT2D eigenvalue weighted by Gasteiger charge is 2.42. The van der Waals surface area contributed by atoms with E-state index in [9.17, 15) is 24.0 Å². The Hall–Kier alpha value is -5.23. The van der Waals surface area contributed by atoms with Gasteiger partial charge in [0.1, 0.15) is 11.5 Å². The van der Waals surface area contributed by atoms with Gasteiger partial charge in [0.2, 0.25) is 5.91 Å². The van der Waals surface area contributed by atoms with E-state index in [0.29, 0.717) is 40.1 Å². The molecule has 5 amide bonds. The number of unbranched alkanes of at least 4 members (excludes halogenated alkanes) is 5. The number of benzene rings is 3. The molecule has 254 valence electrons. The van der Waals surface area contributed by atoms with Gasteiger partial charge < -0.3 is 20.1 Å². The molecule has 1 aliphatic heterocycles. The molecule has 1 saturated heterocycles. The first-order valence-corrected chi connectivity index (χ1v) is 16.2. The number of methoxy groups -OCH3 is 1. The van der Waals surface area contributed by atoms with Crippen molar-refractivity contribution in [2.24, 2.45) is 11.8 Å². The van der Waals surface area contributed by atoms with Crippen LogP contribution in [0.15, 0.2) is 72.8 Å². The van der Waals surface area contributed by atoms with Crippen LogP contribution in [0.1, 0.15) is 69.4 Å². The van der Waals surface area contributed by atoms with Crippen molar-refractivity contribution < 1.29 is 33.4 Å². The maximum absolute atomic E-state index is 12.8. The van der Waals surface area contributed by atoms with E-state index in [2.05, 4.69) is 17.6 Å². The number of hydrazine groups is 2. The van der Waals surface area contributed by atoms with Crippen LogP contribution in [0.4, 0.5) is 11.4 Å². The van der Waals surface area contributed by atoms with Crippen LogP contribution in [-0.2, 0) is 30.4 Å². The summed E-state index contributed by atoms with van der Waals surface area (Å²) in [6.07, 6.45) is 7.69. The van der Waals surface area contributed by atoms with Crippen molar-refractivity contribution in [2.75, 3.05) is 24.4 Å². The molecular weight excluding hydrogens is 614 g/mol. The van der Waals surface area contributed by atoms with Gasteiger partial charge in [-0.25, -0.2) is 5.84 Å². The number of nitrogens with two attached hydrogens (primary N) is 1. The molecule has 3 aromatic carbocycles. The van der Waals surface area contributed by atoms with Crippen molar-refractivity contribution in [2.45, 2.75) is 64.7 Å². The first-order chi connectivity index (χ1) is 23.2. The molecule has 1 atom stereocenters. The Morgan fingerprint density at radius 3 is 2.27 bits per heavy atom. The van der Waals surface area contributed by atoms with Crippen LogP contribution >= 0.6 is 0 Å². The average molecular weight is 658 g/mol. The topological polar surface area (TPSA) is 160 Å². The van der Waals surface area contributed by atoms with Crippen molar-refractivity contribution in [3.05, 3.63) is 83.9 Å². The summed E-state index contributed by atoms with van der Waals surface area (Å²) in [4.78, 5) is 63.2. The van der Waals surface area contributed by atoms with Gasteiger partial charge in [-0.1, -0.05) is 81.8 Å². The van der Waals surface area contributed by atoms with Gasteiger partial charge in [0, 0.05) is 18.0 Å². The van der Waals surface area contributed by atoms with Gasteiger partial charge >= 0.3 is 11.8 Å². The number of ether oxygens (including phenoxy) is 2. The number of carbonyl (C=O) groups is 5. The van der Waals surface area contributed by atoms with Gasteiger partial charge in [-0.05, 0) is 60.4 Å². The molecule has 1 heterocycles. The Labute approximate surface area is 280 Å². The van der Waals surface area contributed by atoms with Crippen molar-refractivity contribution in [1.29, 1.82) is 0 Å². The summed E-state index contributed by atoms with van der Waals surface area (Å²) in [5.41, 5.74) is 2.77. The van der Waals surface area contributed by atoms with E-state index in [4.69, 9.17) is 15.3 Å². The highest BCUT2D eigenvalue weighted by molar-refractivity contribution is 6.43. The van der Waals surface area contributed by atoms with Crippen molar-refractivity contribution in [1.82, 2.24) is 10.1 Å². The van der Waals surface area contributed by atoms with Gasteiger partial charge in [-0.3, -0.25) is 24.0 Å². The minimum Gasteiger partial charge on any atom is -0.495 e. The first kappa shape index (κ1) is 35.6. The zero-order valence-corrected chi connectivity index (χ0v) is 27.4. The van der Waals surface area contributed by atoms with Crippen LogP contribution in [0.5, 0.6) is 11.5 Å². The van der Waals surface area contributed by atoms with Crippen LogP contribution in [0.2, 0.25) is 0 Å². The van der Waals surface area contributed by atoms with Gasteiger partial charge in [0.15, 0.2) is 6.61 Å². The molecule has 0 aliphatic carbocycles. The van der Waals surface area contributed by atoms with Crippen molar-refractivity contribution in [3.63, 3.8) is 0 Å². The first-order valence-electron chi connectivity index (χ1n) is 16.2. The molecule has 0 aromatic heterocycles. The molecule has 1 fully saturated rings. The number of rotatable bonds is 16. The normalized spacial score (nSPS) is 14.1. The van der Waals surface area contributed by atoms with Gasteiger partial charge in [0.25, 0.3) is 11.8 Å². The van der Waals surface area contributed by atoms with Crippen LogP contribution in [0.3, 0.4) is 0 Å². The number of imide groups is 1. The van der Waals surface area contributed by atoms with Gasteiger partial charge in [-0.2, -0.15) is 10.1 Å². The fourth-order valence-corrected chi connectivity index (χ4v) is 5.41. The minimum atomic E-state index is -0.900. The van der Waals surface area contributed by atoms with Gasteiger partial charge in [-0.15, -0.1) is 0 Å². The van der Waals surface area contributed by atoms with E-state index in [1.165, 1.54) is 37.8 Å². The van der Waals surface area contributed by atoms with Crippen LogP contribution in [-0.4, -0.2) is 53.4 Å². The zero-order chi connectivity index (χ0) is 34.5. The molecule has 0 bridgehead atoms. The average Bonchev–Trinajstić information content (AvgIpc) is 3.38. The Kier molecular flexibility index (Phi) is 13.1. The number of anilines is 2. The number of nitrogens with one attached hydrogen (secondary N) is 2. The molecule has 12 nitrogen and oxygen atoms in total. The Morgan fingerprint density at radius 2 is 1.56 bits per heavy atom.